The third-order valence-corrected chi connectivity index (χ3v) is 5.74. The van der Waals surface area contributed by atoms with E-state index in [4.69, 9.17) is 32.7 Å². The molecule has 1 aromatic rings. The van der Waals surface area contributed by atoms with E-state index in [1.807, 2.05) is 6.08 Å². The number of nitrogens with zero attached hydrogens (tertiary/aromatic N) is 1. The fraction of sp³-hybridized carbons (Fsp3) is 0.632. The summed E-state index contributed by atoms with van der Waals surface area (Å²) in [6.07, 6.45) is 4.98. The van der Waals surface area contributed by atoms with Crippen LogP contribution < -0.4 is 10.6 Å². The number of pyridine rings is 1. The molecule has 1 aromatic heterocycles. The first kappa shape index (κ1) is 21.7. The zero-order valence-corrected chi connectivity index (χ0v) is 17.3. The van der Waals surface area contributed by atoms with Crippen molar-refractivity contribution in [1.29, 1.82) is 0 Å². The smallest absolute Gasteiger partial charge is 0.345 e. The van der Waals surface area contributed by atoms with E-state index < -0.39 is 18.8 Å². The van der Waals surface area contributed by atoms with Gasteiger partial charge in [-0.25, -0.2) is 0 Å². The Morgan fingerprint density at radius 1 is 1.32 bits per heavy atom. The van der Waals surface area contributed by atoms with Crippen LogP contribution in [0, 0.1) is 5.92 Å². The second-order valence-electron chi connectivity index (χ2n) is 7.37. The lowest BCUT2D eigenvalue weighted by Crippen LogP contribution is -2.60. The van der Waals surface area contributed by atoms with Gasteiger partial charge in [-0.1, -0.05) is 48.7 Å². The first-order valence-electron chi connectivity index (χ1n) is 9.41. The van der Waals surface area contributed by atoms with Crippen LogP contribution >= 0.6 is 23.2 Å². The summed E-state index contributed by atoms with van der Waals surface area (Å²) in [6.45, 7) is 2.56. The topological polar surface area (TPSA) is 55.4 Å². The van der Waals surface area contributed by atoms with Crippen LogP contribution in [0.15, 0.2) is 24.0 Å². The third kappa shape index (κ3) is 5.13. The van der Waals surface area contributed by atoms with Crippen LogP contribution in [0.1, 0.15) is 26.7 Å². The average Bonchev–Trinajstić information content (AvgIpc) is 2.64. The second kappa shape index (κ2) is 9.67. The van der Waals surface area contributed by atoms with Crippen molar-refractivity contribution in [2.75, 3.05) is 18.4 Å². The number of hydrogen-bond donors (Lipinski definition) is 2. The molecule has 2 heterocycles. The fourth-order valence-corrected chi connectivity index (χ4v) is 4.19. The monoisotopic (exact) mass is 435 g/mol. The molecule has 1 saturated heterocycles. The Labute approximate surface area is 173 Å². The fourth-order valence-electron chi connectivity index (χ4n) is 3.69. The summed E-state index contributed by atoms with van der Waals surface area (Å²) >= 11 is 12.3. The van der Waals surface area contributed by atoms with Crippen molar-refractivity contribution in [2.45, 2.75) is 57.7 Å². The van der Waals surface area contributed by atoms with Crippen LogP contribution in [0.2, 0.25) is 10.0 Å². The van der Waals surface area contributed by atoms with Crippen LogP contribution in [0.3, 0.4) is 0 Å². The minimum atomic E-state index is -2.82. The van der Waals surface area contributed by atoms with Crippen molar-refractivity contribution in [3.8, 4) is 0 Å². The minimum Gasteiger partial charge on any atom is -0.382 e. The van der Waals surface area contributed by atoms with Gasteiger partial charge >= 0.3 is 6.61 Å². The Bertz CT molecular complexity index is 686. The summed E-state index contributed by atoms with van der Waals surface area (Å²) in [5, 5.41) is 7.60. The van der Waals surface area contributed by atoms with E-state index in [-0.39, 0.29) is 18.1 Å². The van der Waals surface area contributed by atoms with E-state index in [9.17, 15) is 8.78 Å². The van der Waals surface area contributed by atoms with E-state index in [1.54, 1.807) is 0 Å². The number of fused-ring (bicyclic) bond motifs is 1. The van der Waals surface area contributed by atoms with Gasteiger partial charge in [0.25, 0.3) is 0 Å². The molecule has 5 nitrogen and oxygen atoms in total. The van der Waals surface area contributed by atoms with Crippen LogP contribution in [-0.2, 0) is 9.47 Å². The molecule has 1 aliphatic heterocycles. The number of morpholine rings is 1. The molecule has 2 N–H and O–H groups in total. The summed E-state index contributed by atoms with van der Waals surface area (Å²) in [5.41, 5.74) is 1.74. The summed E-state index contributed by atoms with van der Waals surface area (Å²) in [4.78, 5) is 3.93. The minimum absolute atomic E-state index is 0.0306. The number of alkyl halides is 2. The molecule has 28 heavy (non-hydrogen) atoms. The SMILES string of the molecule is CC(C)C1CNC2C(CCNc3c(Cl)cncc3Cl)=CCC(OC(F)F)C2O1. The Morgan fingerprint density at radius 2 is 2.04 bits per heavy atom. The number of hydrogen-bond acceptors (Lipinski definition) is 5. The van der Waals surface area contributed by atoms with Crippen molar-refractivity contribution >= 4 is 28.9 Å². The van der Waals surface area contributed by atoms with Crippen molar-refractivity contribution in [2.24, 2.45) is 5.92 Å². The van der Waals surface area contributed by atoms with Gasteiger partial charge in [-0.15, -0.1) is 0 Å². The quantitative estimate of drug-likeness (QED) is 0.617. The highest BCUT2D eigenvalue weighted by Gasteiger charge is 2.42. The molecular weight excluding hydrogens is 411 g/mol. The van der Waals surface area contributed by atoms with E-state index in [0.717, 1.165) is 5.57 Å². The first-order chi connectivity index (χ1) is 13.4. The molecule has 0 aromatic carbocycles. The molecule has 4 atom stereocenters. The van der Waals surface area contributed by atoms with E-state index in [2.05, 4.69) is 29.5 Å². The van der Waals surface area contributed by atoms with Gasteiger partial charge in [0.05, 0.1) is 34.0 Å². The molecule has 0 saturated carbocycles. The molecular formula is C19H25Cl2F2N3O2. The molecule has 0 bridgehead atoms. The van der Waals surface area contributed by atoms with Gasteiger partial charge in [0.1, 0.15) is 6.10 Å². The standard InChI is InChI=1S/C19H25Cl2F2N3O2/c1-10(2)15-9-26-16-11(3-4-14(18(16)27-15)28-19(22)23)5-6-25-17-12(20)7-24-8-13(17)21/h3,7-8,10,14-16,18-19,26H,4-6,9H2,1-2H3,(H,24,25). The van der Waals surface area contributed by atoms with Crippen LogP contribution in [0.5, 0.6) is 0 Å². The highest BCUT2D eigenvalue weighted by Crippen LogP contribution is 2.33. The molecule has 1 fully saturated rings. The van der Waals surface area contributed by atoms with Gasteiger partial charge in [0, 0.05) is 25.5 Å². The van der Waals surface area contributed by atoms with Crippen LogP contribution in [0.25, 0.3) is 0 Å². The number of anilines is 1. The number of ether oxygens (including phenoxy) is 2. The molecule has 0 radical (unpaired) electrons. The van der Waals surface area contributed by atoms with Gasteiger partial charge in [0.15, 0.2) is 0 Å². The normalized spacial score (nSPS) is 27.6. The Balaban J connectivity index is 1.67. The maximum atomic E-state index is 12.8. The molecule has 9 heteroatoms. The average molecular weight is 436 g/mol. The number of rotatable bonds is 7. The molecule has 156 valence electrons. The molecule has 2 aliphatic rings. The van der Waals surface area contributed by atoms with Gasteiger partial charge in [-0.3, -0.25) is 4.98 Å². The van der Waals surface area contributed by atoms with E-state index in [1.165, 1.54) is 12.4 Å². The summed E-state index contributed by atoms with van der Waals surface area (Å²) in [6, 6.07) is -0.155. The zero-order valence-electron chi connectivity index (χ0n) is 15.8. The number of aromatic nitrogens is 1. The second-order valence-corrected chi connectivity index (χ2v) is 8.19. The Hall–Kier alpha value is -0.990. The predicted octanol–water partition coefficient (Wildman–Crippen LogP) is 4.51. The van der Waals surface area contributed by atoms with E-state index >= 15 is 0 Å². The zero-order chi connectivity index (χ0) is 20.3. The first-order valence-corrected chi connectivity index (χ1v) is 10.2. The molecule has 1 aliphatic carbocycles. The van der Waals surface area contributed by atoms with Crippen molar-refractivity contribution < 1.29 is 18.3 Å². The lowest BCUT2D eigenvalue weighted by atomic mass is 9.85. The Kier molecular flexibility index (Phi) is 7.50. The highest BCUT2D eigenvalue weighted by molar-refractivity contribution is 6.38. The van der Waals surface area contributed by atoms with Crippen LogP contribution in [-0.4, -0.2) is 49.0 Å². The molecule has 0 spiro atoms. The summed E-state index contributed by atoms with van der Waals surface area (Å²) < 4.78 is 36.7. The van der Waals surface area contributed by atoms with Gasteiger partial charge in [0.2, 0.25) is 0 Å². The largest absolute Gasteiger partial charge is 0.382 e. The lowest BCUT2D eigenvalue weighted by Gasteiger charge is -2.45. The van der Waals surface area contributed by atoms with Crippen molar-refractivity contribution in [3.05, 3.63) is 34.1 Å². The van der Waals surface area contributed by atoms with Gasteiger partial charge < -0.3 is 20.1 Å². The predicted molar refractivity (Wildman–Crippen MR) is 106 cm³/mol. The summed E-state index contributed by atoms with van der Waals surface area (Å²) in [7, 11) is 0. The molecule has 4 unspecified atom stereocenters. The highest BCUT2D eigenvalue weighted by atomic mass is 35.5. The molecule has 3 rings (SSSR count). The van der Waals surface area contributed by atoms with Gasteiger partial charge in [-0.2, -0.15) is 8.78 Å². The van der Waals surface area contributed by atoms with Crippen molar-refractivity contribution in [1.82, 2.24) is 10.3 Å². The van der Waals surface area contributed by atoms with Gasteiger partial charge in [-0.05, 0) is 18.8 Å². The maximum Gasteiger partial charge on any atom is 0.345 e. The number of nitrogens with one attached hydrogen (secondary N) is 2. The lowest BCUT2D eigenvalue weighted by molar-refractivity contribution is -0.216. The summed E-state index contributed by atoms with van der Waals surface area (Å²) in [5.74, 6) is 0.285. The van der Waals surface area contributed by atoms with Crippen molar-refractivity contribution in [3.63, 3.8) is 0 Å². The van der Waals surface area contributed by atoms with Crippen LogP contribution in [0.4, 0.5) is 14.5 Å². The van der Waals surface area contributed by atoms with E-state index in [0.29, 0.717) is 41.7 Å². The Morgan fingerprint density at radius 3 is 2.68 bits per heavy atom. The number of halogens is 4. The maximum absolute atomic E-state index is 12.8. The molecule has 0 amide bonds. The third-order valence-electron chi connectivity index (χ3n) is 5.17.